The normalized spacial score (nSPS) is 42.2. The molecule has 1 nitrogen and oxygen atoms in total. The molecule has 0 saturated heterocycles. The Labute approximate surface area is 76.8 Å². The molecule has 0 spiro atoms. The molecule has 0 fully saturated rings. The van der Waals surface area contributed by atoms with E-state index in [0.717, 1.165) is 5.57 Å². The van der Waals surface area contributed by atoms with Crippen LogP contribution in [0.5, 0.6) is 0 Å². The molecule has 5 unspecified atom stereocenters. The molecule has 0 heterocycles. The lowest BCUT2D eigenvalue weighted by atomic mass is 9.79. The third kappa shape index (κ3) is 1.62. The highest BCUT2D eigenvalue weighted by molar-refractivity contribution is 7.18. The zero-order valence-corrected chi connectivity index (χ0v) is 8.85. The summed E-state index contributed by atoms with van der Waals surface area (Å²) in [5.41, 5.74) is 1.60. The molecule has 0 bridgehead atoms. The van der Waals surface area contributed by atoms with Crippen molar-refractivity contribution in [2.45, 2.75) is 25.6 Å². The average Bonchev–Trinajstić information content (AvgIpc) is 2.08. The maximum atomic E-state index is 9.63. The Morgan fingerprint density at radius 1 is 1.50 bits per heavy atom. The number of allylic oxidation sites excluding steroid dienone is 2. The highest BCUT2D eigenvalue weighted by Gasteiger charge is 2.30. The summed E-state index contributed by atoms with van der Waals surface area (Å²) >= 11 is 0. The predicted molar refractivity (Wildman–Crippen MR) is 56.1 cm³/mol. The van der Waals surface area contributed by atoms with Gasteiger partial charge in [-0.05, 0) is 17.4 Å². The van der Waals surface area contributed by atoms with Crippen LogP contribution in [0, 0.1) is 11.8 Å². The van der Waals surface area contributed by atoms with E-state index < -0.39 is 0 Å². The van der Waals surface area contributed by atoms with E-state index in [1.165, 1.54) is 0 Å². The summed E-state index contributed by atoms with van der Waals surface area (Å²) in [5, 5.41) is 9.63. The number of aliphatic hydroxyl groups is 1. The van der Waals surface area contributed by atoms with Crippen LogP contribution in [0.4, 0.5) is 0 Å². The Balaban J connectivity index is 2.91. The lowest BCUT2D eigenvalue weighted by Crippen LogP contribution is -2.33. The molecule has 0 aromatic rings. The van der Waals surface area contributed by atoms with Crippen molar-refractivity contribution >= 4 is 9.24 Å². The fourth-order valence-electron chi connectivity index (χ4n) is 1.61. The first-order chi connectivity index (χ1) is 5.57. The van der Waals surface area contributed by atoms with E-state index in [0.29, 0.717) is 17.5 Å². The van der Waals surface area contributed by atoms with Crippen LogP contribution < -0.4 is 0 Å². The second-order valence-electron chi connectivity index (χ2n) is 3.61. The van der Waals surface area contributed by atoms with Crippen molar-refractivity contribution in [3.8, 4) is 0 Å². The van der Waals surface area contributed by atoms with Crippen LogP contribution in [-0.2, 0) is 0 Å². The van der Waals surface area contributed by atoms with Crippen molar-refractivity contribution < 1.29 is 5.11 Å². The van der Waals surface area contributed by atoms with Crippen molar-refractivity contribution in [1.82, 2.24) is 0 Å². The molecule has 12 heavy (non-hydrogen) atoms. The first kappa shape index (κ1) is 9.95. The van der Waals surface area contributed by atoms with Crippen molar-refractivity contribution in [3.05, 3.63) is 24.3 Å². The largest absolute Gasteiger partial charge is 0.389 e. The number of rotatable bonds is 1. The molecule has 1 aliphatic carbocycles. The van der Waals surface area contributed by atoms with Crippen molar-refractivity contribution in [2.24, 2.45) is 11.8 Å². The van der Waals surface area contributed by atoms with Gasteiger partial charge in [-0.1, -0.05) is 32.6 Å². The molecule has 1 N–H and O–H groups in total. The summed E-state index contributed by atoms with van der Waals surface area (Å²) < 4.78 is 0. The standard InChI is InChI=1S/C10H17OP/c1-4-8-5-9(11)6(2)7(3)10(8)12/h4-7,9-11H,1,12H2,2-3H3. The van der Waals surface area contributed by atoms with Gasteiger partial charge in [-0.25, -0.2) is 0 Å². The predicted octanol–water partition coefficient (Wildman–Crippen LogP) is 1.99. The molecule has 0 aromatic carbocycles. The van der Waals surface area contributed by atoms with Gasteiger partial charge in [0.2, 0.25) is 0 Å². The fraction of sp³-hybridized carbons (Fsp3) is 0.600. The molecular weight excluding hydrogens is 167 g/mol. The Bertz CT molecular complexity index is 210. The van der Waals surface area contributed by atoms with Gasteiger partial charge in [0.25, 0.3) is 0 Å². The topological polar surface area (TPSA) is 20.2 Å². The lowest BCUT2D eigenvalue weighted by Gasteiger charge is -2.34. The quantitative estimate of drug-likeness (QED) is 0.618. The summed E-state index contributed by atoms with van der Waals surface area (Å²) in [5.74, 6) is 0.846. The molecule has 0 radical (unpaired) electrons. The summed E-state index contributed by atoms with van der Waals surface area (Å²) in [6.07, 6.45) is 3.45. The second kappa shape index (κ2) is 3.72. The summed E-state index contributed by atoms with van der Waals surface area (Å²) in [6.45, 7) is 7.99. The molecule has 0 aliphatic heterocycles. The molecule has 68 valence electrons. The minimum absolute atomic E-state index is 0.301. The van der Waals surface area contributed by atoms with E-state index in [9.17, 15) is 5.11 Å². The van der Waals surface area contributed by atoms with Crippen LogP contribution in [0.15, 0.2) is 24.3 Å². The summed E-state index contributed by atoms with van der Waals surface area (Å²) in [4.78, 5) is 0. The lowest BCUT2D eigenvalue weighted by molar-refractivity contribution is 0.120. The fourth-order valence-corrected chi connectivity index (χ4v) is 2.20. The first-order valence-electron chi connectivity index (χ1n) is 4.35. The average molecular weight is 184 g/mol. The van der Waals surface area contributed by atoms with Crippen molar-refractivity contribution in [1.29, 1.82) is 0 Å². The van der Waals surface area contributed by atoms with Crippen LogP contribution in [0.1, 0.15) is 13.8 Å². The van der Waals surface area contributed by atoms with Crippen LogP contribution in [0.3, 0.4) is 0 Å². The Morgan fingerprint density at radius 3 is 2.58 bits per heavy atom. The SMILES string of the molecule is C=CC1=CC(O)C(C)C(C)C1P. The Kier molecular flexibility index (Phi) is 3.09. The zero-order chi connectivity index (χ0) is 9.30. The Hall–Kier alpha value is -0.130. The van der Waals surface area contributed by atoms with Gasteiger partial charge in [0.05, 0.1) is 6.10 Å². The number of hydrogen-bond acceptors (Lipinski definition) is 1. The van der Waals surface area contributed by atoms with E-state index in [-0.39, 0.29) is 6.10 Å². The highest BCUT2D eigenvalue weighted by Crippen LogP contribution is 2.34. The first-order valence-corrected chi connectivity index (χ1v) is 5.02. The molecule has 2 heteroatoms. The van der Waals surface area contributed by atoms with E-state index in [1.54, 1.807) is 0 Å². The van der Waals surface area contributed by atoms with Crippen LogP contribution in [0.25, 0.3) is 0 Å². The second-order valence-corrected chi connectivity index (χ2v) is 4.32. The van der Waals surface area contributed by atoms with Gasteiger partial charge in [-0.15, -0.1) is 9.24 Å². The van der Waals surface area contributed by atoms with Gasteiger partial charge in [-0.2, -0.15) is 0 Å². The molecule has 0 amide bonds. The van der Waals surface area contributed by atoms with Crippen molar-refractivity contribution in [3.63, 3.8) is 0 Å². The molecule has 1 rings (SSSR count). The smallest absolute Gasteiger partial charge is 0.0755 e. The van der Waals surface area contributed by atoms with E-state index in [1.807, 2.05) is 12.2 Å². The van der Waals surface area contributed by atoms with Gasteiger partial charge < -0.3 is 5.11 Å². The Morgan fingerprint density at radius 2 is 2.08 bits per heavy atom. The van der Waals surface area contributed by atoms with Crippen LogP contribution in [-0.4, -0.2) is 16.9 Å². The van der Waals surface area contributed by atoms with Crippen LogP contribution in [0.2, 0.25) is 0 Å². The van der Waals surface area contributed by atoms with E-state index in [4.69, 9.17) is 0 Å². The third-order valence-corrected chi connectivity index (χ3v) is 3.91. The van der Waals surface area contributed by atoms with Crippen molar-refractivity contribution in [2.75, 3.05) is 0 Å². The molecule has 5 atom stereocenters. The maximum Gasteiger partial charge on any atom is 0.0755 e. The minimum Gasteiger partial charge on any atom is -0.389 e. The monoisotopic (exact) mass is 184 g/mol. The van der Waals surface area contributed by atoms with Gasteiger partial charge in [0.15, 0.2) is 0 Å². The van der Waals surface area contributed by atoms with E-state index >= 15 is 0 Å². The van der Waals surface area contributed by atoms with Gasteiger partial charge in [0, 0.05) is 5.66 Å². The molecular formula is C10H17OP. The summed E-state index contributed by atoms with van der Waals surface area (Å²) in [6, 6.07) is 0. The highest BCUT2D eigenvalue weighted by atomic mass is 31.0. The summed E-state index contributed by atoms with van der Waals surface area (Å²) in [7, 11) is 2.82. The molecule has 0 saturated carbocycles. The minimum atomic E-state index is -0.301. The van der Waals surface area contributed by atoms with E-state index in [2.05, 4.69) is 29.7 Å². The van der Waals surface area contributed by atoms with Crippen LogP contribution >= 0.6 is 9.24 Å². The maximum absolute atomic E-state index is 9.63. The van der Waals surface area contributed by atoms with Gasteiger partial charge in [-0.3, -0.25) is 0 Å². The molecule has 1 aliphatic rings. The number of hydrogen-bond donors (Lipinski definition) is 1. The van der Waals surface area contributed by atoms with Gasteiger partial charge in [0.1, 0.15) is 0 Å². The zero-order valence-electron chi connectivity index (χ0n) is 7.70. The number of aliphatic hydroxyl groups excluding tert-OH is 1. The van der Waals surface area contributed by atoms with Gasteiger partial charge >= 0.3 is 0 Å². The third-order valence-electron chi connectivity index (χ3n) is 2.92. The molecule has 0 aromatic heterocycles.